The third kappa shape index (κ3) is 2.65. The molecule has 15 heavy (non-hydrogen) atoms. The second-order valence-corrected chi connectivity index (χ2v) is 3.96. The summed E-state index contributed by atoms with van der Waals surface area (Å²) in [5.41, 5.74) is 5.82. The fraction of sp³-hybridized carbons (Fsp3) is 0.545. The zero-order valence-corrected chi connectivity index (χ0v) is 8.53. The van der Waals surface area contributed by atoms with Crippen molar-refractivity contribution in [1.29, 1.82) is 0 Å². The van der Waals surface area contributed by atoms with Crippen molar-refractivity contribution in [3.63, 3.8) is 0 Å². The van der Waals surface area contributed by atoms with Crippen LogP contribution in [0, 0.1) is 5.82 Å². The molecule has 1 aromatic rings. The van der Waals surface area contributed by atoms with E-state index < -0.39 is 5.82 Å². The number of nitrogens with two attached hydrogens (primary N) is 1. The number of halogens is 1. The molecule has 1 aromatic heterocycles. The SMILES string of the molecule is NC1CCCC(Oc2ncccc2F)C1. The van der Waals surface area contributed by atoms with E-state index in [-0.39, 0.29) is 18.0 Å². The number of nitrogens with zero attached hydrogens (tertiary/aromatic N) is 1. The molecule has 2 unspecified atom stereocenters. The van der Waals surface area contributed by atoms with E-state index in [1.165, 1.54) is 12.3 Å². The molecule has 2 rings (SSSR count). The van der Waals surface area contributed by atoms with Crippen LogP contribution in [0.1, 0.15) is 25.7 Å². The number of pyridine rings is 1. The highest BCUT2D eigenvalue weighted by molar-refractivity contribution is 5.13. The molecule has 1 aliphatic carbocycles. The Kier molecular flexibility index (Phi) is 3.16. The van der Waals surface area contributed by atoms with Gasteiger partial charge in [0.2, 0.25) is 0 Å². The van der Waals surface area contributed by atoms with Crippen molar-refractivity contribution in [3.05, 3.63) is 24.1 Å². The highest BCUT2D eigenvalue weighted by Gasteiger charge is 2.21. The van der Waals surface area contributed by atoms with Gasteiger partial charge in [0.05, 0.1) is 0 Å². The summed E-state index contributed by atoms with van der Waals surface area (Å²) in [6.07, 6.45) is 5.34. The fourth-order valence-corrected chi connectivity index (χ4v) is 1.90. The first-order valence-corrected chi connectivity index (χ1v) is 5.28. The Labute approximate surface area is 88.5 Å². The molecule has 1 heterocycles. The van der Waals surface area contributed by atoms with Crippen LogP contribution in [-0.2, 0) is 0 Å². The Balaban J connectivity index is 1.99. The quantitative estimate of drug-likeness (QED) is 0.810. The highest BCUT2D eigenvalue weighted by atomic mass is 19.1. The monoisotopic (exact) mass is 210 g/mol. The van der Waals surface area contributed by atoms with Gasteiger partial charge < -0.3 is 10.5 Å². The van der Waals surface area contributed by atoms with E-state index in [1.54, 1.807) is 6.07 Å². The molecule has 0 aromatic carbocycles. The molecule has 0 aliphatic heterocycles. The Morgan fingerprint density at radius 2 is 2.33 bits per heavy atom. The van der Waals surface area contributed by atoms with Crippen LogP contribution in [0.2, 0.25) is 0 Å². The zero-order chi connectivity index (χ0) is 10.7. The minimum absolute atomic E-state index is 0.0122. The topological polar surface area (TPSA) is 48.1 Å². The first kappa shape index (κ1) is 10.4. The van der Waals surface area contributed by atoms with Crippen LogP contribution in [0.25, 0.3) is 0 Å². The summed E-state index contributed by atoms with van der Waals surface area (Å²) >= 11 is 0. The second kappa shape index (κ2) is 4.57. The largest absolute Gasteiger partial charge is 0.472 e. The van der Waals surface area contributed by atoms with E-state index in [0.29, 0.717) is 0 Å². The molecule has 2 atom stereocenters. The first-order chi connectivity index (χ1) is 7.25. The van der Waals surface area contributed by atoms with E-state index >= 15 is 0 Å². The Morgan fingerprint density at radius 3 is 3.07 bits per heavy atom. The van der Waals surface area contributed by atoms with Crippen LogP contribution in [0.4, 0.5) is 4.39 Å². The lowest BCUT2D eigenvalue weighted by atomic mass is 9.94. The molecule has 0 radical (unpaired) electrons. The summed E-state index contributed by atoms with van der Waals surface area (Å²) in [7, 11) is 0. The Hall–Kier alpha value is -1.16. The Morgan fingerprint density at radius 1 is 1.47 bits per heavy atom. The van der Waals surface area contributed by atoms with Crippen LogP contribution >= 0.6 is 0 Å². The number of aromatic nitrogens is 1. The Bertz CT molecular complexity index is 332. The smallest absolute Gasteiger partial charge is 0.250 e. The summed E-state index contributed by atoms with van der Waals surface area (Å²) in [5, 5.41) is 0. The van der Waals surface area contributed by atoms with Crippen molar-refractivity contribution in [1.82, 2.24) is 4.98 Å². The van der Waals surface area contributed by atoms with Gasteiger partial charge in [-0.1, -0.05) is 0 Å². The molecule has 0 spiro atoms. The molecule has 1 aliphatic rings. The molecular formula is C11H15FN2O. The fourth-order valence-electron chi connectivity index (χ4n) is 1.90. The molecule has 2 N–H and O–H groups in total. The minimum Gasteiger partial charge on any atom is -0.472 e. The zero-order valence-electron chi connectivity index (χ0n) is 8.53. The highest BCUT2D eigenvalue weighted by Crippen LogP contribution is 2.22. The standard InChI is InChI=1S/C11H15FN2O/c12-10-5-2-6-14-11(10)15-9-4-1-3-8(13)7-9/h2,5-6,8-9H,1,3-4,7,13H2. The summed E-state index contributed by atoms with van der Waals surface area (Å²) in [4.78, 5) is 3.86. The van der Waals surface area contributed by atoms with Crippen LogP contribution in [0.3, 0.4) is 0 Å². The summed E-state index contributed by atoms with van der Waals surface area (Å²) < 4.78 is 18.7. The summed E-state index contributed by atoms with van der Waals surface area (Å²) in [6, 6.07) is 3.08. The maximum absolute atomic E-state index is 13.2. The van der Waals surface area contributed by atoms with Gasteiger partial charge in [0.1, 0.15) is 6.10 Å². The van der Waals surface area contributed by atoms with Gasteiger partial charge in [0.25, 0.3) is 5.88 Å². The third-order valence-corrected chi connectivity index (χ3v) is 2.67. The maximum Gasteiger partial charge on any atom is 0.250 e. The molecule has 0 amide bonds. The van der Waals surface area contributed by atoms with Gasteiger partial charge in [-0.2, -0.15) is 0 Å². The van der Waals surface area contributed by atoms with Gasteiger partial charge >= 0.3 is 0 Å². The predicted octanol–water partition coefficient (Wildman–Crippen LogP) is 1.87. The van der Waals surface area contributed by atoms with Crippen molar-refractivity contribution in [2.45, 2.75) is 37.8 Å². The lowest BCUT2D eigenvalue weighted by Gasteiger charge is -2.26. The summed E-state index contributed by atoms with van der Waals surface area (Å²) in [6.45, 7) is 0. The lowest BCUT2D eigenvalue weighted by molar-refractivity contribution is 0.132. The molecular weight excluding hydrogens is 195 g/mol. The molecule has 0 bridgehead atoms. The average Bonchev–Trinajstić information content (AvgIpc) is 2.22. The van der Waals surface area contributed by atoms with Crippen molar-refractivity contribution in [3.8, 4) is 5.88 Å². The van der Waals surface area contributed by atoms with E-state index in [9.17, 15) is 4.39 Å². The third-order valence-electron chi connectivity index (χ3n) is 2.67. The molecule has 3 nitrogen and oxygen atoms in total. The summed E-state index contributed by atoms with van der Waals surface area (Å²) in [5.74, 6) is -0.312. The van der Waals surface area contributed by atoms with Gasteiger partial charge in [-0.25, -0.2) is 9.37 Å². The minimum atomic E-state index is -0.406. The molecule has 82 valence electrons. The van der Waals surface area contributed by atoms with Crippen molar-refractivity contribution in [2.75, 3.05) is 0 Å². The normalized spacial score (nSPS) is 26.3. The van der Waals surface area contributed by atoms with E-state index in [4.69, 9.17) is 10.5 Å². The van der Waals surface area contributed by atoms with E-state index in [2.05, 4.69) is 4.98 Å². The van der Waals surface area contributed by atoms with E-state index in [1.807, 2.05) is 0 Å². The van der Waals surface area contributed by atoms with Crippen LogP contribution < -0.4 is 10.5 Å². The van der Waals surface area contributed by atoms with Crippen molar-refractivity contribution < 1.29 is 9.13 Å². The average molecular weight is 210 g/mol. The number of hydrogen-bond acceptors (Lipinski definition) is 3. The van der Waals surface area contributed by atoms with Crippen LogP contribution in [-0.4, -0.2) is 17.1 Å². The van der Waals surface area contributed by atoms with Crippen LogP contribution in [0.5, 0.6) is 5.88 Å². The van der Waals surface area contributed by atoms with Crippen molar-refractivity contribution >= 4 is 0 Å². The lowest BCUT2D eigenvalue weighted by Crippen LogP contribution is -2.34. The second-order valence-electron chi connectivity index (χ2n) is 3.96. The number of hydrogen-bond donors (Lipinski definition) is 1. The number of rotatable bonds is 2. The van der Waals surface area contributed by atoms with Crippen LogP contribution in [0.15, 0.2) is 18.3 Å². The maximum atomic E-state index is 13.2. The van der Waals surface area contributed by atoms with Gasteiger partial charge in [0.15, 0.2) is 5.82 Å². The first-order valence-electron chi connectivity index (χ1n) is 5.28. The van der Waals surface area contributed by atoms with E-state index in [0.717, 1.165) is 25.7 Å². The molecule has 4 heteroatoms. The molecule has 0 saturated heterocycles. The number of ether oxygens (including phenoxy) is 1. The van der Waals surface area contributed by atoms with Crippen molar-refractivity contribution in [2.24, 2.45) is 5.73 Å². The molecule has 1 fully saturated rings. The van der Waals surface area contributed by atoms with Gasteiger partial charge in [-0.15, -0.1) is 0 Å². The van der Waals surface area contributed by atoms with Gasteiger partial charge in [-0.3, -0.25) is 0 Å². The molecule has 1 saturated carbocycles. The van der Waals surface area contributed by atoms with Gasteiger partial charge in [0, 0.05) is 12.2 Å². The van der Waals surface area contributed by atoms with Gasteiger partial charge in [-0.05, 0) is 37.8 Å². The predicted molar refractivity (Wildman–Crippen MR) is 55.1 cm³/mol.